The van der Waals surface area contributed by atoms with E-state index in [2.05, 4.69) is 19.2 Å². The first kappa shape index (κ1) is 18.5. The Balaban J connectivity index is 1.82. The molecule has 136 valence electrons. The number of rotatable bonds is 6. The van der Waals surface area contributed by atoms with Gasteiger partial charge in [0.2, 0.25) is 5.91 Å². The van der Waals surface area contributed by atoms with Crippen LogP contribution in [0.4, 0.5) is 5.69 Å². The van der Waals surface area contributed by atoms with Gasteiger partial charge in [0.1, 0.15) is 6.04 Å². The van der Waals surface area contributed by atoms with E-state index in [4.69, 9.17) is 0 Å². The Labute approximate surface area is 159 Å². The largest absolute Gasteiger partial charge is 0.324 e. The van der Waals surface area contributed by atoms with Crippen molar-refractivity contribution in [2.45, 2.75) is 37.8 Å². The molecule has 2 aromatic rings. The maximum atomic E-state index is 13.0. The molecule has 0 bridgehead atoms. The topological polar surface area (TPSA) is 49.4 Å². The highest BCUT2D eigenvalue weighted by Gasteiger charge is 2.36. The molecule has 1 aliphatic heterocycles. The second-order valence-electron chi connectivity index (χ2n) is 6.96. The van der Waals surface area contributed by atoms with Crippen LogP contribution in [0, 0.1) is 5.92 Å². The summed E-state index contributed by atoms with van der Waals surface area (Å²) in [7, 11) is 0. The van der Waals surface area contributed by atoms with E-state index >= 15 is 0 Å². The van der Waals surface area contributed by atoms with E-state index in [1.807, 2.05) is 54.8 Å². The lowest BCUT2D eigenvalue weighted by atomic mass is 10.0. The molecule has 0 radical (unpaired) electrons. The summed E-state index contributed by atoms with van der Waals surface area (Å²) in [6, 6.07) is 14.9. The Morgan fingerprint density at radius 1 is 1.19 bits per heavy atom. The van der Waals surface area contributed by atoms with Crippen molar-refractivity contribution in [3.63, 3.8) is 0 Å². The van der Waals surface area contributed by atoms with E-state index in [9.17, 15) is 9.59 Å². The second kappa shape index (κ2) is 7.96. The van der Waals surface area contributed by atoms with Crippen LogP contribution >= 0.6 is 11.8 Å². The zero-order valence-electron chi connectivity index (χ0n) is 15.4. The van der Waals surface area contributed by atoms with Crippen LogP contribution < -0.4 is 5.32 Å². The van der Waals surface area contributed by atoms with Gasteiger partial charge in [0.05, 0.1) is 0 Å². The van der Waals surface area contributed by atoms with Crippen LogP contribution in [0.2, 0.25) is 0 Å². The highest BCUT2D eigenvalue weighted by Crippen LogP contribution is 2.28. The fraction of sp³-hybridized carbons (Fsp3) is 0.333. The Bertz CT molecular complexity index is 819. The van der Waals surface area contributed by atoms with Gasteiger partial charge in [0, 0.05) is 22.7 Å². The summed E-state index contributed by atoms with van der Waals surface area (Å²) < 4.78 is 0. The van der Waals surface area contributed by atoms with Crippen molar-refractivity contribution in [1.82, 2.24) is 4.90 Å². The Morgan fingerprint density at radius 3 is 2.65 bits per heavy atom. The first-order valence-electron chi connectivity index (χ1n) is 8.83. The third kappa shape index (κ3) is 3.93. The van der Waals surface area contributed by atoms with E-state index in [0.29, 0.717) is 24.4 Å². The number of hydrogen-bond donors (Lipinski definition) is 1. The number of carbonyl (C=O) groups excluding carboxylic acids is 2. The Hall–Kier alpha value is -2.27. The molecule has 0 saturated heterocycles. The number of nitrogens with one attached hydrogen (secondary N) is 1. The molecule has 0 saturated carbocycles. The van der Waals surface area contributed by atoms with E-state index in [-0.39, 0.29) is 11.8 Å². The molecule has 2 aromatic carbocycles. The lowest BCUT2D eigenvalue weighted by Gasteiger charge is -2.28. The SMILES string of the molecule is CSc1cccc(NC(=O)[C@@H](CC(C)C)N2Cc3ccccc3C2=O)c1. The quantitative estimate of drug-likeness (QED) is 0.768. The fourth-order valence-electron chi connectivity index (χ4n) is 3.28. The molecule has 3 rings (SSSR count). The highest BCUT2D eigenvalue weighted by atomic mass is 32.2. The van der Waals surface area contributed by atoms with Gasteiger partial charge in [-0.2, -0.15) is 0 Å². The van der Waals surface area contributed by atoms with Crippen LogP contribution in [0.15, 0.2) is 53.4 Å². The van der Waals surface area contributed by atoms with Crippen molar-refractivity contribution in [1.29, 1.82) is 0 Å². The van der Waals surface area contributed by atoms with E-state index in [1.54, 1.807) is 16.7 Å². The zero-order chi connectivity index (χ0) is 18.7. The molecule has 0 spiro atoms. The average molecular weight is 369 g/mol. The molecule has 0 aromatic heterocycles. The Morgan fingerprint density at radius 2 is 1.96 bits per heavy atom. The first-order chi connectivity index (χ1) is 12.5. The van der Waals surface area contributed by atoms with Crippen LogP contribution in [0.3, 0.4) is 0 Å². The Kier molecular flexibility index (Phi) is 5.67. The summed E-state index contributed by atoms with van der Waals surface area (Å²) in [6.45, 7) is 4.63. The minimum absolute atomic E-state index is 0.0562. The molecule has 1 aliphatic rings. The summed E-state index contributed by atoms with van der Waals surface area (Å²) >= 11 is 1.63. The summed E-state index contributed by atoms with van der Waals surface area (Å²) in [5, 5.41) is 3.00. The maximum Gasteiger partial charge on any atom is 0.255 e. The maximum absolute atomic E-state index is 13.0. The van der Waals surface area contributed by atoms with Crippen molar-refractivity contribution in [2.24, 2.45) is 5.92 Å². The molecule has 2 amide bonds. The fourth-order valence-corrected chi connectivity index (χ4v) is 3.74. The average Bonchev–Trinajstić information content (AvgIpc) is 2.96. The van der Waals surface area contributed by atoms with Crippen molar-refractivity contribution in [2.75, 3.05) is 11.6 Å². The standard InChI is InChI=1S/C21H24N2O2S/c1-14(2)11-19(20(24)22-16-8-6-9-17(12-16)26-3)23-13-15-7-4-5-10-18(15)21(23)25/h4-10,12,14,19H,11,13H2,1-3H3,(H,22,24)/t19-/m1/s1. The molecular formula is C21H24N2O2S. The van der Waals surface area contributed by atoms with Crippen molar-refractivity contribution in [3.05, 3.63) is 59.7 Å². The molecule has 0 fully saturated rings. The third-order valence-electron chi connectivity index (χ3n) is 4.56. The minimum Gasteiger partial charge on any atom is -0.324 e. The van der Waals surface area contributed by atoms with Crippen molar-refractivity contribution in [3.8, 4) is 0 Å². The monoisotopic (exact) mass is 368 g/mol. The van der Waals surface area contributed by atoms with Gasteiger partial charge >= 0.3 is 0 Å². The molecule has 1 atom stereocenters. The number of carbonyl (C=O) groups is 2. The van der Waals surface area contributed by atoms with Crippen LogP contribution in [0.1, 0.15) is 36.2 Å². The van der Waals surface area contributed by atoms with E-state index < -0.39 is 6.04 Å². The molecule has 0 unspecified atom stereocenters. The smallest absolute Gasteiger partial charge is 0.255 e. The van der Waals surface area contributed by atoms with Gasteiger partial charge in [-0.05, 0) is 48.4 Å². The number of nitrogens with zero attached hydrogens (tertiary/aromatic N) is 1. The number of amides is 2. The molecule has 0 aliphatic carbocycles. The number of anilines is 1. The lowest BCUT2D eigenvalue weighted by molar-refractivity contribution is -0.121. The number of fused-ring (bicyclic) bond motifs is 1. The van der Waals surface area contributed by atoms with Crippen molar-refractivity contribution >= 4 is 29.3 Å². The molecule has 26 heavy (non-hydrogen) atoms. The summed E-state index contributed by atoms with van der Waals surface area (Å²) in [4.78, 5) is 28.6. The third-order valence-corrected chi connectivity index (χ3v) is 5.29. The van der Waals surface area contributed by atoms with Gasteiger partial charge in [0.15, 0.2) is 0 Å². The van der Waals surface area contributed by atoms with E-state index in [1.165, 1.54) is 0 Å². The predicted octanol–water partition coefficient (Wildman–Crippen LogP) is 4.42. The van der Waals surface area contributed by atoms with Crippen LogP contribution in [0.25, 0.3) is 0 Å². The highest BCUT2D eigenvalue weighted by molar-refractivity contribution is 7.98. The van der Waals surface area contributed by atoms with Crippen LogP contribution in [-0.4, -0.2) is 29.0 Å². The lowest BCUT2D eigenvalue weighted by Crippen LogP contribution is -2.45. The first-order valence-corrected chi connectivity index (χ1v) is 10.1. The van der Waals surface area contributed by atoms with Gasteiger partial charge in [-0.15, -0.1) is 11.8 Å². The number of benzene rings is 2. The van der Waals surface area contributed by atoms with Crippen molar-refractivity contribution < 1.29 is 9.59 Å². The number of hydrogen-bond acceptors (Lipinski definition) is 3. The molecule has 5 heteroatoms. The van der Waals surface area contributed by atoms with Crippen LogP contribution in [-0.2, 0) is 11.3 Å². The van der Waals surface area contributed by atoms with Gasteiger partial charge < -0.3 is 10.2 Å². The second-order valence-corrected chi connectivity index (χ2v) is 7.84. The molecule has 1 N–H and O–H groups in total. The van der Waals surface area contributed by atoms with Gasteiger partial charge in [-0.3, -0.25) is 9.59 Å². The van der Waals surface area contributed by atoms with Gasteiger partial charge in [-0.25, -0.2) is 0 Å². The van der Waals surface area contributed by atoms with E-state index in [0.717, 1.165) is 16.1 Å². The summed E-state index contributed by atoms with van der Waals surface area (Å²) in [5.74, 6) is 0.122. The molecule has 4 nitrogen and oxygen atoms in total. The zero-order valence-corrected chi connectivity index (χ0v) is 16.2. The molecule has 1 heterocycles. The summed E-state index contributed by atoms with van der Waals surface area (Å²) in [6.07, 6.45) is 2.64. The summed E-state index contributed by atoms with van der Waals surface area (Å²) in [5.41, 5.74) is 2.46. The van der Waals surface area contributed by atoms with Gasteiger partial charge in [-0.1, -0.05) is 38.1 Å². The van der Waals surface area contributed by atoms with Crippen LogP contribution in [0.5, 0.6) is 0 Å². The normalized spacial score (nSPS) is 14.5. The van der Waals surface area contributed by atoms with Gasteiger partial charge in [0.25, 0.3) is 5.91 Å². The number of thioether (sulfide) groups is 1. The predicted molar refractivity (Wildman–Crippen MR) is 106 cm³/mol. The minimum atomic E-state index is -0.479. The molecular weight excluding hydrogens is 344 g/mol.